The quantitative estimate of drug-likeness (QED) is 0.540. The molecule has 0 aromatic heterocycles. The van der Waals surface area contributed by atoms with Gasteiger partial charge in [-0.15, -0.1) is 0 Å². The van der Waals surface area contributed by atoms with Crippen LogP contribution in [-0.2, 0) is 9.59 Å². The Labute approximate surface area is 183 Å². The smallest absolute Gasteiger partial charge is 0.259 e. The van der Waals surface area contributed by atoms with Gasteiger partial charge in [0.25, 0.3) is 5.91 Å². The van der Waals surface area contributed by atoms with Crippen LogP contribution in [0.2, 0.25) is 0 Å². The first-order valence-corrected chi connectivity index (χ1v) is 11.0. The van der Waals surface area contributed by atoms with Crippen LogP contribution in [0.1, 0.15) is 61.4 Å². The van der Waals surface area contributed by atoms with Crippen LogP contribution < -0.4 is 5.32 Å². The van der Waals surface area contributed by atoms with E-state index in [0.29, 0.717) is 11.3 Å². The number of nitrogens with zero attached hydrogens (tertiary/aromatic N) is 1. The fourth-order valence-corrected chi connectivity index (χ4v) is 4.55. The van der Waals surface area contributed by atoms with Gasteiger partial charge in [0.2, 0.25) is 5.91 Å². The molecule has 0 spiro atoms. The minimum absolute atomic E-state index is 0.0114. The number of Topliss-reactive ketones (excluding diaryl/α,β-unsaturated/α-hetero) is 1. The number of rotatable bonds is 6. The second kappa shape index (κ2) is 8.88. The average molecular weight is 417 g/mol. The van der Waals surface area contributed by atoms with E-state index in [2.05, 4.69) is 5.32 Å². The summed E-state index contributed by atoms with van der Waals surface area (Å²) in [5.74, 6) is -0.324. The largest absolute Gasteiger partial charge is 0.368 e. The van der Waals surface area contributed by atoms with E-state index in [1.54, 1.807) is 24.3 Å². The Bertz CT molecular complexity index is 991. The predicted molar refractivity (Wildman–Crippen MR) is 122 cm³/mol. The number of anilines is 1. The van der Waals surface area contributed by atoms with E-state index >= 15 is 0 Å². The van der Waals surface area contributed by atoms with E-state index in [9.17, 15) is 14.4 Å². The van der Waals surface area contributed by atoms with Crippen molar-refractivity contribution in [2.24, 2.45) is 0 Å². The summed E-state index contributed by atoms with van der Waals surface area (Å²) in [5.41, 5.74) is 1.14. The van der Waals surface area contributed by atoms with Gasteiger partial charge in [0.15, 0.2) is 5.78 Å². The van der Waals surface area contributed by atoms with Crippen molar-refractivity contribution in [2.75, 3.05) is 5.32 Å². The van der Waals surface area contributed by atoms with Crippen LogP contribution in [0.4, 0.5) is 5.69 Å². The Morgan fingerprint density at radius 3 is 2.32 bits per heavy atom. The van der Waals surface area contributed by atoms with Gasteiger partial charge in [0.05, 0.1) is 6.42 Å². The summed E-state index contributed by atoms with van der Waals surface area (Å²) in [4.78, 5) is 39.8. The van der Waals surface area contributed by atoms with Crippen molar-refractivity contribution in [3.8, 4) is 0 Å². The first kappa shape index (κ1) is 21.0. The van der Waals surface area contributed by atoms with Crippen molar-refractivity contribution in [1.29, 1.82) is 0 Å². The lowest BCUT2D eigenvalue weighted by atomic mass is 9.93. The van der Waals surface area contributed by atoms with Gasteiger partial charge in [0.1, 0.15) is 5.54 Å². The summed E-state index contributed by atoms with van der Waals surface area (Å²) in [6.07, 6.45) is 8.82. The summed E-state index contributed by atoms with van der Waals surface area (Å²) in [6.45, 7) is 1.52. The lowest BCUT2D eigenvalue weighted by Crippen LogP contribution is -2.48. The van der Waals surface area contributed by atoms with Crippen molar-refractivity contribution in [2.45, 2.75) is 57.0 Å². The Morgan fingerprint density at radius 2 is 1.68 bits per heavy atom. The molecule has 31 heavy (non-hydrogen) atoms. The lowest BCUT2D eigenvalue weighted by molar-refractivity contribution is -0.142. The molecule has 1 saturated heterocycles. The minimum Gasteiger partial charge on any atom is -0.368 e. The van der Waals surface area contributed by atoms with Gasteiger partial charge in [-0.2, -0.15) is 0 Å². The summed E-state index contributed by atoms with van der Waals surface area (Å²) in [6, 6.07) is 16.8. The number of likely N-dealkylation sites (tertiary alicyclic amines) is 1. The second-order valence-electron chi connectivity index (χ2n) is 8.51. The molecule has 0 bridgehead atoms. The molecule has 1 aliphatic carbocycles. The molecule has 2 aliphatic rings. The number of ketones is 1. The molecule has 1 atom stereocenters. The molecule has 1 aliphatic heterocycles. The number of carbonyl (C=O) groups excluding carboxylic acids is 3. The lowest BCUT2D eigenvalue weighted by Gasteiger charge is -2.32. The van der Waals surface area contributed by atoms with Gasteiger partial charge in [-0.25, -0.2) is 0 Å². The van der Waals surface area contributed by atoms with E-state index in [0.717, 1.165) is 37.7 Å². The maximum atomic E-state index is 13.7. The number of benzene rings is 2. The maximum absolute atomic E-state index is 13.7. The average Bonchev–Trinajstić information content (AvgIpc) is 3.03. The van der Waals surface area contributed by atoms with Crippen LogP contribution in [0.15, 0.2) is 60.7 Å². The number of imide groups is 1. The van der Waals surface area contributed by atoms with Crippen LogP contribution in [0.5, 0.6) is 0 Å². The predicted octanol–water partition coefficient (Wildman–Crippen LogP) is 4.84. The standard InChI is InChI=1S/C26H28N2O3/c1-19(29)21-12-14-22(15-13-21)27-26(17-16-20-8-4-2-5-9-20)18-24(30)28(25(26)31)23-10-6-3-7-11-23/h2,4-5,8-9,12-17,23,27H,3,6-7,10-11,18H2,1H3/b17-16+/t26-/m1/s1. The number of carbonyl (C=O) groups is 3. The van der Waals surface area contributed by atoms with Gasteiger partial charge >= 0.3 is 0 Å². The maximum Gasteiger partial charge on any atom is 0.259 e. The third-order valence-electron chi connectivity index (χ3n) is 6.26. The SMILES string of the molecule is CC(=O)c1ccc(N[C@]2(/C=C/c3ccccc3)CC(=O)N(C3CCCCC3)C2=O)cc1. The Hall–Kier alpha value is -3.21. The molecule has 2 fully saturated rings. The first-order chi connectivity index (χ1) is 15.0. The molecule has 0 radical (unpaired) electrons. The summed E-state index contributed by atoms with van der Waals surface area (Å²) < 4.78 is 0. The molecule has 1 heterocycles. The van der Waals surface area contributed by atoms with Gasteiger partial charge < -0.3 is 5.32 Å². The Morgan fingerprint density at radius 1 is 1.00 bits per heavy atom. The third kappa shape index (κ3) is 4.46. The van der Waals surface area contributed by atoms with E-state index in [1.807, 2.05) is 42.5 Å². The van der Waals surface area contributed by atoms with E-state index in [1.165, 1.54) is 11.8 Å². The number of hydrogen-bond donors (Lipinski definition) is 1. The van der Waals surface area contributed by atoms with Crippen molar-refractivity contribution < 1.29 is 14.4 Å². The van der Waals surface area contributed by atoms with Crippen LogP contribution >= 0.6 is 0 Å². The highest BCUT2D eigenvalue weighted by Gasteiger charge is 2.52. The summed E-state index contributed by atoms with van der Waals surface area (Å²) in [7, 11) is 0. The van der Waals surface area contributed by atoms with Gasteiger partial charge in [-0.1, -0.05) is 55.7 Å². The molecule has 160 valence electrons. The fraction of sp³-hybridized carbons (Fsp3) is 0.346. The van der Waals surface area contributed by atoms with Crippen LogP contribution in [0.3, 0.4) is 0 Å². The topological polar surface area (TPSA) is 66.5 Å². The zero-order valence-corrected chi connectivity index (χ0v) is 17.8. The Kier molecular flexibility index (Phi) is 6.03. The van der Waals surface area contributed by atoms with Crippen LogP contribution in [-0.4, -0.2) is 34.1 Å². The highest BCUT2D eigenvalue weighted by molar-refractivity contribution is 6.12. The summed E-state index contributed by atoms with van der Waals surface area (Å²) in [5, 5.41) is 3.33. The van der Waals surface area contributed by atoms with Crippen molar-refractivity contribution >= 4 is 29.4 Å². The van der Waals surface area contributed by atoms with E-state index < -0.39 is 5.54 Å². The first-order valence-electron chi connectivity index (χ1n) is 11.0. The number of amides is 2. The van der Waals surface area contributed by atoms with Crippen molar-refractivity contribution in [3.05, 3.63) is 71.8 Å². The highest BCUT2D eigenvalue weighted by Crippen LogP contribution is 2.35. The minimum atomic E-state index is -1.14. The number of nitrogens with one attached hydrogen (secondary N) is 1. The molecule has 2 aromatic carbocycles. The molecule has 5 nitrogen and oxygen atoms in total. The van der Waals surface area contributed by atoms with Crippen LogP contribution in [0, 0.1) is 0 Å². The van der Waals surface area contributed by atoms with Crippen LogP contribution in [0.25, 0.3) is 6.08 Å². The molecular weight excluding hydrogens is 388 g/mol. The molecule has 2 aromatic rings. The highest BCUT2D eigenvalue weighted by atomic mass is 16.2. The molecule has 1 N–H and O–H groups in total. The van der Waals surface area contributed by atoms with Gasteiger partial charge in [-0.05, 0) is 55.7 Å². The van der Waals surface area contributed by atoms with E-state index in [-0.39, 0.29) is 30.1 Å². The molecule has 2 amide bonds. The molecule has 1 saturated carbocycles. The third-order valence-corrected chi connectivity index (χ3v) is 6.26. The monoisotopic (exact) mass is 416 g/mol. The zero-order valence-electron chi connectivity index (χ0n) is 17.8. The molecule has 5 heteroatoms. The zero-order chi connectivity index (χ0) is 21.8. The Balaban J connectivity index is 1.67. The van der Waals surface area contributed by atoms with Gasteiger partial charge in [0, 0.05) is 17.3 Å². The normalized spacial score (nSPS) is 22.3. The molecule has 0 unspecified atom stereocenters. The van der Waals surface area contributed by atoms with Crippen molar-refractivity contribution in [1.82, 2.24) is 4.90 Å². The summed E-state index contributed by atoms with van der Waals surface area (Å²) >= 11 is 0. The number of hydrogen-bond acceptors (Lipinski definition) is 4. The van der Waals surface area contributed by atoms with Crippen molar-refractivity contribution in [3.63, 3.8) is 0 Å². The second-order valence-corrected chi connectivity index (χ2v) is 8.51. The van der Waals surface area contributed by atoms with E-state index in [4.69, 9.17) is 0 Å². The molecular formula is C26H28N2O3. The molecule has 4 rings (SSSR count). The fourth-order valence-electron chi connectivity index (χ4n) is 4.55. The van der Waals surface area contributed by atoms with Gasteiger partial charge in [-0.3, -0.25) is 19.3 Å².